The van der Waals surface area contributed by atoms with E-state index in [0.29, 0.717) is 6.04 Å². The van der Waals surface area contributed by atoms with E-state index in [4.69, 9.17) is 5.73 Å². The molecule has 0 bridgehead atoms. The Labute approximate surface area is 115 Å². The lowest BCUT2D eigenvalue weighted by Crippen LogP contribution is -2.46. The van der Waals surface area contributed by atoms with Crippen LogP contribution in [0.1, 0.15) is 19.3 Å². The van der Waals surface area contributed by atoms with Gasteiger partial charge in [0.1, 0.15) is 0 Å². The summed E-state index contributed by atoms with van der Waals surface area (Å²) in [6, 6.07) is 1.20. The number of nitrogens with two attached hydrogens (primary N) is 1. The van der Waals surface area contributed by atoms with Gasteiger partial charge in [0, 0.05) is 44.1 Å². The number of piperidine rings is 1. The molecule has 1 aromatic rings. The SMILES string of the molecule is NC1CCN(C2CCN(CCn3ccnc3)C2)CC1. The zero-order chi connectivity index (χ0) is 13.1. The minimum absolute atomic E-state index is 0.440. The molecule has 5 nitrogen and oxygen atoms in total. The van der Waals surface area contributed by atoms with Crippen molar-refractivity contribution in [2.45, 2.75) is 37.9 Å². The third-order valence-electron chi connectivity index (χ3n) is 4.57. The molecular formula is C14H25N5. The van der Waals surface area contributed by atoms with Crippen molar-refractivity contribution in [2.75, 3.05) is 32.7 Å². The van der Waals surface area contributed by atoms with Gasteiger partial charge >= 0.3 is 0 Å². The van der Waals surface area contributed by atoms with Crippen LogP contribution in [0.4, 0.5) is 0 Å². The largest absolute Gasteiger partial charge is 0.336 e. The number of aromatic nitrogens is 2. The average molecular weight is 263 g/mol. The van der Waals surface area contributed by atoms with Crippen LogP contribution in [0.15, 0.2) is 18.7 Å². The summed E-state index contributed by atoms with van der Waals surface area (Å²) in [5.41, 5.74) is 5.98. The van der Waals surface area contributed by atoms with Crippen LogP contribution in [0.3, 0.4) is 0 Å². The van der Waals surface area contributed by atoms with Gasteiger partial charge in [0.2, 0.25) is 0 Å². The van der Waals surface area contributed by atoms with Crippen molar-refractivity contribution in [1.82, 2.24) is 19.4 Å². The first-order valence-electron chi connectivity index (χ1n) is 7.49. The minimum atomic E-state index is 0.440. The Morgan fingerprint density at radius 1 is 1.11 bits per heavy atom. The van der Waals surface area contributed by atoms with Crippen LogP contribution in [-0.2, 0) is 6.54 Å². The van der Waals surface area contributed by atoms with Crippen molar-refractivity contribution in [3.63, 3.8) is 0 Å². The second-order valence-electron chi connectivity index (χ2n) is 5.92. The van der Waals surface area contributed by atoms with Gasteiger partial charge in [-0.3, -0.25) is 9.80 Å². The predicted molar refractivity (Wildman–Crippen MR) is 75.9 cm³/mol. The molecule has 5 heteroatoms. The van der Waals surface area contributed by atoms with E-state index >= 15 is 0 Å². The lowest BCUT2D eigenvalue weighted by Gasteiger charge is -2.34. The lowest BCUT2D eigenvalue weighted by molar-refractivity contribution is 0.152. The molecule has 0 aliphatic carbocycles. The molecule has 2 N–H and O–H groups in total. The second kappa shape index (κ2) is 6.03. The summed E-state index contributed by atoms with van der Waals surface area (Å²) in [6.45, 7) is 7.05. The van der Waals surface area contributed by atoms with Gasteiger partial charge in [-0.05, 0) is 38.9 Å². The highest BCUT2D eigenvalue weighted by Crippen LogP contribution is 2.19. The molecule has 3 heterocycles. The molecule has 3 rings (SSSR count). The average Bonchev–Trinajstić information content (AvgIpc) is 3.09. The molecule has 1 atom stereocenters. The van der Waals surface area contributed by atoms with E-state index in [9.17, 15) is 0 Å². The molecule has 0 spiro atoms. The lowest BCUT2D eigenvalue weighted by atomic mass is 10.0. The Morgan fingerprint density at radius 2 is 1.95 bits per heavy atom. The first kappa shape index (κ1) is 13.1. The Kier molecular flexibility index (Phi) is 4.15. The van der Waals surface area contributed by atoms with Crippen molar-refractivity contribution < 1.29 is 0 Å². The topological polar surface area (TPSA) is 50.3 Å². The third kappa shape index (κ3) is 3.35. The highest BCUT2D eigenvalue weighted by Gasteiger charge is 2.29. The predicted octanol–water partition coefficient (Wildman–Crippen LogP) is 0.380. The minimum Gasteiger partial charge on any atom is -0.336 e. The maximum Gasteiger partial charge on any atom is 0.0946 e. The summed E-state index contributed by atoms with van der Waals surface area (Å²) in [4.78, 5) is 9.32. The molecule has 2 fully saturated rings. The molecule has 2 saturated heterocycles. The number of nitrogens with zero attached hydrogens (tertiary/aromatic N) is 4. The summed E-state index contributed by atoms with van der Waals surface area (Å²) in [5, 5.41) is 0. The van der Waals surface area contributed by atoms with Gasteiger partial charge in [-0.1, -0.05) is 0 Å². The highest BCUT2D eigenvalue weighted by atomic mass is 15.3. The summed E-state index contributed by atoms with van der Waals surface area (Å²) >= 11 is 0. The fourth-order valence-electron chi connectivity index (χ4n) is 3.27. The molecule has 0 saturated carbocycles. The van der Waals surface area contributed by atoms with Crippen molar-refractivity contribution >= 4 is 0 Å². The molecule has 1 unspecified atom stereocenters. The molecule has 106 valence electrons. The van der Waals surface area contributed by atoms with E-state index in [2.05, 4.69) is 19.4 Å². The van der Waals surface area contributed by atoms with Gasteiger partial charge in [0.05, 0.1) is 6.33 Å². The van der Waals surface area contributed by atoms with Gasteiger partial charge in [-0.2, -0.15) is 0 Å². The molecule has 1 aromatic heterocycles. The quantitative estimate of drug-likeness (QED) is 0.853. The van der Waals surface area contributed by atoms with Crippen LogP contribution < -0.4 is 5.73 Å². The molecule has 2 aliphatic rings. The monoisotopic (exact) mass is 263 g/mol. The molecule has 19 heavy (non-hydrogen) atoms. The fourth-order valence-corrected chi connectivity index (χ4v) is 3.27. The number of likely N-dealkylation sites (tertiary alicyclic amines) is 2. The summed E-state index contributed by atoms with van der Waals surface area (Å²) in [5.74, 6) is 0. The Balaban J connectivity index is 1.42. The van der Waals surface area contributed by atoms with Crippen molar-refractivity contribution in [2.24, 2.45) is 5.73 Å². The van der Waals surface area contributed by atoms with E-state index in [1.54, 1.807) is 0 Å². The number of hydrogen-bond donors (Lipinski definition) is 1. The third-order valence-corrected chi connectivity index (χ3v) is 4.57. The van der Waals surface area contributed by atoms with Crippen LogP contribution in [-0.4, -0.2) is 64.2 Å². The maximum atomic E-state index is 5.98. The highest BCUT2D eigenvalue weighted by molar-refractivity contribution is 4.87. The second-order valence-corrected chi connectivity index (χ2v) is 5.92. The van der Waals surface area contributed by atoms with E-state index in [0.717, 1.165) is 19.1 Å². The number of rotatable bonds is 4. The van der Waals surface area contributed by atoms with Crippen LogP contribution in [0.2, 0.25) is 0 Å². The van der Waals surface area contributed by atoms with Gasteiger partial charge < -0.3 is 10.3 Å². The molecule has 0 radical (unpaired) electrons. The van der Waals surface area contributed by atoms with Gasteiger partial charge in [-0.15, -0.1) is 0 Å². The fraction of sp³-hybridized carbons (Fsp3) is 0.786. The number of hydrogen-bond acceptors (Lipinski definition) is 4. The zero-order valence-electron chi connectivity index (χ0n) is 11.6. The smallest absolute Gasteiger partial charge is 0.0946 e. The molecular weight excluding hydrogens is 238 g/mol. The van der Waals surface area contributed by atoms with E-state index in [-0.39, 0.29) is 0 Å². The Morgan fingerprint density at radius 3 is 2.68 bits per heavy atom. The van der Waals surface area contributed by atoms with Crippen molar-refractivity contribution in [1.29, 1.82) is 0 Å². The standard InChI is InChI=1S/C14H25N5/c15-13-1-6-19(7-2-13)14-3-5-17(11-14)9-10-18-8-4-16-12-18/h4,8,12-14H,1-3,5-7,9-11,15H2. The molecule has 0 aromatic carbocycles. The van der Waals surface area contributed by atoms with Crippen molar-refractivity contribution in [3.8, 4) is 0 Å². The van der Waals surface area contributed by atoms with Crippen LogP contribution in [0.5, 0.6) is 0 Å². The maximum absolute atomic E-state index is 5.98. The zero-order valence-corrected chi connectivity index (χ0v) is 11.6. The molecule has 2 aliphatic heterocycles. The van der Waals surface area contributed by atoms with Crippen LogP contribution >= 0.6 is 0 Å². The van der Waals surface area contributed by atoms with Gasteiger partial charge in [0.15, 0.2) is 0 Å². The Bertz CT molecular complexity index is 369. The van der Waals surface area contributed by atoms with Crippen LogP contribution in [0, 0.1) is 0 Å². The van der Waals surface area contributed by atoms with Gasteiger partial charge in [-0.25, -0.2) is 4.98 Å². The first-order chi connectivity index (χ1) is 9.31. The summed E-state index contributed by atoms with van der Waals surface area (Å²) in [6.07, 6.45) is 9.46. The summed E-state index contributed by atoms with van der Waals surface area (Å²) in [7, 11) is 0. The van der Waals surface area contributed by atoms with E-state index in [1.807, 2.05) is 18.7 Å². The van der Waals surface area contributed by atoms with Gasteiger partial charge in [0.25, 0.3) is 0 Å². The van der Waals surface area contributed by atoms with E-state index in [1.165, 1.54) is 45.4 Å². The molecule has 0 amide bonds. The first-order valence-corrected chi connectivity index (χ1v) is 7.49. The summed E-state index contributed by atoms with van der Waals surface area (Å²) < 4.78 is 2.16. The normalized spacial score (nSPS) is 27.1. The van der Waals surface area contributed by atoms with Crippen molar-refractivity contribution in [3.05, 3.63) is 18.7 Å². The Hall–Kier alpha value is -0.910. The van der Waals surface area contributed by atoms with E-state index < -0.39 is 0 Å². The van der Waals surface area contributed by atoms with Crippen LogP contribution in [0.25, 0.3) is 0 Å². The number of imidazole rings is 1.